The summed E-state index contributed by atoms with van der Waals surface area (Å²) >= 11 is 0. The number of benzene rings is 1. The molecule has 4 amide bonds. The van der Waals surface area contributed by atoms with E-state index in [2.05, 4.69) is 10.6 Å². The fourth-order valence-electron chi connectivity index (χ4n) is 3.44. The van der Waals surface area contributed by atoms with Crippen LogP contribution in [0.2, 0.25) is 0 Å². The Bertz CT molecular complexity index is 783. The van der Waals surface area contributed by atoms with E-state index < -0.39 is 29.4 Å². The minimum absolute atomic E-state index is 0.0647. The maximum atomic E-state index is 12.9. The van der Waals surface area contributed by atoms with E-state index in [1.807, 2.05) is 44.2 Å². The summed E-state index contributed by atoms with van der Waals surface area (Å²) in [7, 11) is 0. The zero-order valence-corrected chi connectivity index (χ0v) is 14.2. The third kappa shape index (κ3) is 2.74. The number of hydrogen-bond acceptors (Lipinski definition) is 4. The summed E-state index contributed by atoms with van der Waals surface area (Å²) in [6.07, 6.45) is 1.19. The van der Waals surface area contributed by atoms with E-state index in [1.54, 1.807) is 0 Å². The normalized spacial score (nSPS) is 22.7. The number of nitrogens with zero attached hydrogens (tertiary/aromatic N) is 2. The van der Waals surface area contributed by atoms with E-state index in [0.29, 0.717) is 12.8 Å². The Kier molecular flexibility index (Phi) is 4.21. The van der Waals surface area contributed by atoms with Gasteiger partial charge in [-0.15, -0.1) is 0 Å². The molecule has 1 spiro atoms. The van der Waals surface area contributed by atoms with Crippen molar-refractivity contribution in [2.45, 2.75) is 38.3 Å². The van der Waals surface area contributed by atoms with E-state index in [0.717, 1.165) is 16.0 Å². The second kappa shape index (κ2) is 6.20. The van der Waals surface area contributed by atoms with Gasteiger partial charge in [0.2, 0.25) is 5.91 Å². The van der Waals surface area contributed by atoms with Crippen LogP contribution in [-0.4, -0.2) is 35.3 Å². The predicted molar refractivity (Wildman–Crippen MR) is 89.1 cm³/mol. The van der Waals surface area contributed by atoms with Crippen LogP contribution in [0.25, 0.3) is 0 Å². The second-order valence-electron chi connectivity index (χ2n) is 6.80. The van der Waals surface area contributed by atoms with Gasteiger partial charge in [-0.25, -0.2) is 4.79 Å². The van der Waals surface area contributed by atoms with Gasteiger partial charge in [-0.1, -0.05) is 38.1 Å². The fraction of sp³-hybridized carbons (Fsp3) is 0.444. The highest BCUT2D eigenvalue weighted by atomic mass is 16.2. The van der Waals surface area contributed by atoms with Crippen LogP contribution < -0.4 is 10.6 Å². The molecule has 25 heavy (non-hydrogen) atoms. The number of nitrogens with one attached hydrogen (secondary N) is 2. The van der Waals surface area contributed by atoms with Gasteiger partial charge >= 0.3 is 6.03 Å². The molecule has 2 aliphatic rings. The highest BCUT2D eigenvalue weighted by Gasteiger charge is 2.55. The van der Waals surface area contributed by atoms with Crippen LogP contribution in [0.5, 0.6) is 0 Å². The summed E-state index contributed by atoms with van der Waals surface area (Å²) in [5.41, 5.74) is 0.765. The average Bonchev–Trinajstić information content (AvgIpc) is 3.06. The maximum absolute atomic E-state index is 12.9. The van der Waals surface area contributed by atoms with Crippen molar-refractivity contribution < 1.29 is 14.4 Å². The molecule has 7 heteroatoms. The molecule has 0 bridgehead atoms. The minimum Gasteiger partial charge on any atom is -0.339 e. The molecule has 7 nitrogen and oxygen atoms in total. The van der Waals surface area contributed by atoms with Gasteiger partial charge in [0.25, 0.3) is 5.91 Å². The van der Waals surface area contributed by atoms with Crippen molar-refractivity contribution >= 4 is 17.8 Å². The summed E-state index contributed by atoms with van der Waals surface area (Å²) in [5, 5.41) is 14.4. The summed E-state index contributed by atoms with van der Waals surface area (Å²) in [6, 6.07) is 8.29. The first kappa shape index (κ1) is 17.0. The Labute approximate surface area is 146 Å². The molecule has 0 aromatic heterocycles. The van der Waals surface area contributed by atoms with Crippen molar-refractivity contribution in [1.82, 2.24) is 15.5 Å². The van der Waals surface area contributed by atoms with E-state index in [9.17, 15) is 14.4 Å². The summed E-state index contributed by atoms with van der Waals surface area (Å²) < 4.78 is 0. The smallest absolute Gasteiger partial charge is 0.325 e. The number of fused-ring (bicyclic) bond motifs is 2. The van der Waals surface area contributed by atoms with Crippen molar-refractivity contribution in [3.63, 3.8) is 0 Å². The first-order valence-corrected chi connectivity index (χ1v) is 8.30. The Morgan fingerprint density at radius 3 is 2.80 bits per heavy atom. The molecule has 130 valence electrons. The van der Waals surface area contributed by atoms with Crippen molar-refractivity contribution in [1.29, 1.82) is 5.26 Å². The van der Waals surface area contributed by atoms with Gasteiger partial charge in [-0.05, 0) is 29.9 Å². The highest BCUT2D eigenvalue weighted by molar-refractivity contribution is 6.09. The number of carbonyl (C=O) groups excluding carboxylic acids is 3. The van der Waals surface area contributed by atoms with E-state index in [-0.39, 0.29) is 12.5 Å². The molecule has 0 radical (unpaired) electrons. The third-order valence-corrected chi connectivity index (χ3v) is 4.85. The quantitative estimate of drug-likeness (QED) is 0.800. The molecule has 1 fully saturated rings. The first-order chi connectivity index (χ1) is 11.9. The monoisotopic (exact) mass is 340 g/mol. The maximum Gasteiger partial charge on any atom is 0.325 e. The van der Waals surface area contributed by atoms with Gasteiger partial charge in [0, 0.05) is 0 Å². The lowest BCUT2D eigenvalue weighted by molar-refractivity contribution is -0.135. The van der Waals surface area contributed by atoms with Crippen molar-refractivity contribution in [2.75, 3.05) is 6.54 Å². The number of imide groups is 1. The molecule has 2 N–H and O–H groups in total. The minimum atomic E-state index is -1.07. The lowest BCUT2D eigenvalue weighted by atomic mass is 9.92. The van der Waals surface area contributed by atoms with Gasteiger partial charge in [0.05, 0.1) is 6.07 Å². The van der Waals surface area contributed by atoms with E-state index in [1.165, 1.54) is 0 Å². The number of carbonyl (C=O) groups is 3. The fourth-order valence-corrected chi connectivity index (χ4v) is 3.44. The summed E-state index contributed by atoms with van der Waals surface area (Å²) in [6.45, 7) is 3.23. The Hall–Kier alpha value is -2.88. The predicted octanol–water partition coefficient (Wildman–Crippen LogP) is 1.04. The average molecular weight is 340 g/mol. The van der Waals surface area contributed by atoms with Crippen molar-refractivity contribution in [2.24, 2.45) is 5.92 Å². The largest absolute Gasteiger partial charge is 0.339 e. The molecular formula is C18H20N4O3. The van der Waals surface area contributed by atoms with E-state index in [4.69, 9.17) is 5.26 Å². The Morgan fingerprint density at radius 2 is 2.12 bits per heavy atom. The first-order valence-electron chi connectivity index (χ1n) is 8.30. The van der Waals surface area contributed by atoms with Gasteiger partial charge in [-0.2, -0.15) is 5.26 Å². The lowest BCUT2D eigenvalue weighted by Gasteiger charge is -2.22. The molecule has 1 saturated heterocycles. The molecule has 1 aliphatic carbocycles. The highest BCUT2D eigenvalue weighted by Crippen LogP contribution is 2.41. The number of urea groups is 1. The number of aryl methyl sites for hydroxylation is 1. The molecule has 0 unspecified atom stereocenters. The Balaban J connectivity index is 1.77. The van der Waals surface area contributed by atoms with Crippen LogP contribution in [0.3, 0.4) is 0 Å². The SMILES string of the molecule is CC(C)[C@@H](C#N)NC(=O)CN1C(=O)N[C@@]2(CCc3ccccc32)C1=O. The number of nitriles is 1. The van der Waals surface area contributed by atoms with Crippen molar-refractivity contribution in [3.05, 3.63) is 35.4 Å². The topological polar surface area (TPSA) is 102 Å². The van der Waals surface area contributed by atoms with Gasteiger partial charge in [0.1, 0.15) is 18.1 Å². The number of hydrogen-bond donors (Lipinski definition) is 2. The number of amides is 4. The third-order valence-electron chi connectivity index (χ3n) is 4.85. The van der Waals surface area contributed by atoms with Crippen molar-refractivity contribution in [3.8, 4) is 6.07 Å². The van der Waals surface area contributed by atoms with Gasteiger partial charge in [0.15, 0.2) is 0 Å². The molecule has 2 atom stereocenters. The molecule has 0 saturated carbocycles. The molecule has 1 aromatic rings. The van der Waals surface area contributed by atoms with Crippen LogP contribution in [0, 0.1) is 17.2 Å². The van der Waals surface area contributed by atoms with E-state index >= 15 is 0 Å². The van der Waals surface area contributed by atoms with Gasteiger partial charge in [-0.3, -0.25) is 14.5 Å². The van der Waals surface area contributed by atoms with Crippen LogP contribution >= 0.6 is 0 Å². The molecule has 1 aliphatic heterocycles. The standard InChI is InChI=1S/C18H20N4O3/c1-11(2)14(9-19)20-15(23)10-22-16(24)18(21-17(22)25)8-7-12-5-3-4-6-13(12)18/h3-6,11,14H,7-8,10H2,1-2H3,(H,20,23)(H,21,25)/t14-,18-/m1/s1. The second-order valence-corrected chi connectivity index (χ2v) is 6.80. The van der Waals surface area contributed by atoms with Crippen LogP contribution in [0.1, 0.15) is 31.4 Å². The zero-order valence-electron chi connectivity index (χ0n) is 14.2. The Morgan fingerprint density at radius 1 is 1.40 bits per heavy atom. The molecule has 3 rings (SSSR count). The molecule has 1 heterocycles. The van der Waals surface area contributed by atoms with Crippen LogP contribution in [-0.2, 0) is 21.5 Å². The number of rotatable bonds is 4. The molecule has 1 aromatic carbocycles. The van der Waals surface area contributed by atoms with Crippen LogP contribution in [0.4, 0.5) is 4.79 Å². The summed E-state index contributed by atoms with van der Waals surface area (Å²) in [5.74, 6) is -0.993. The zero-order chi connectivity index (χ0) is 18.2. The van der Waals surface area contributed by atoms with Crippen LogP contribution in [0.15, 0.2) is 24.3 Å². The van der Waals surface area contributed by atoms with Gasteiger partial charge < -0.3 is 10.6 Å². The molecular weight excluding hydrogens is 320 g/mol. The summed E-state index contributed by atoms with van der Waals surface area (Å²) in [4.78, 5) is 38.4. The lowest BCUT2D eigenvalue weighted by Crippen LogP contribution is -2.46.